The summed E-state index contributed by atoms with van der Waals surface area (Å²) in [6.07, 6.45) is -3.31. The zero-order valence-corrected chi connectivity index (χ0v) is 16.7. The molecule has 0 aliphatic rings. The van der Waals surface area contributed by atoms with Crippen LogP contribution in [0.2, 0.25) is 0 Å². The van der Waals surface area contributed by atoms with E-state index in [9.17, 15) is 22.4 Å². The van der Waals surface area contributed by atoms with Crippen molar-refractivity contribution >= 4 is 28.4 Å². The molecule has 9 heteroatoms. The van der Waals surface area contributed by atoms with Gasteiger partial charge in [0, 0.05) is 17.3 Å². The summed E-state index contributed by atoms with van der Waals surface area (Å²) in [7, 11) is 0. The van der Waals surface area contributed by atoms with E-state index in [1.54, 1.807) is 30.5 Å². The third kappa shape index (κ3) is 4.09. The van der Waals surface area contributed by atoms with E-state index in [4.69, 9.17) is 5.73 Å². The number of benzene rings is 3. The number of nitrogens with zero attached hydrogens (tertiary/aromatic N) is 2. The lowest BCUT2D eigenvalue weighted by atomic mass is 9.98. The highest BCUT2D eigenvalue weighted by Crippen LogP contribution is 2.33. The molecule has 162 valence electrons. The first kappa shape index (κ1) is 21.2. The molecule has 0 fully saturated rings. The highest BCUT2D eigenvalue weighted by molar-refractivity contribution is 6.05. The Kier molecular flexibility index (Phi) is 5.25. The minimum absolute atomic E-state index is 0.160. The smallest absolute Gasteiger partial charge is 0.368 e. The second-order valence-electron chi connectivity index (χ2n) is 7.15. The number of nitrogens with two attached hydrogens (primary N) is 1. The van der Waals surface area contributed by atoms with E-state index in [0.717, 1.165) is 34.2 Å². The van der Waals surface area contributed by atoms with Crippen LogP contribution in [0.15, 0.2) is 60.8 Å². The van der Waals surface area contributed by atoms with Gasteiger partial charge < -0.3 is 11.1 Å². The quantitative estimate of drug-likeness (QED) is 0.407. The number of aryl methyl sites for hydroxylation is 1. The first-order valence-corrected chi connectivity index (χ1v) is 9.44. The Balaban J connectivity index is 1.67. The molecule has 0 atom stereocenters. The highest BCUT2D eigenvalue weighted by atomic mass is 19.4. The molecule has 32 heavy (non-hydrogen) atoms. The minimum atomic E-state index is -4.90. The minimum Gasteiger partial charge on any atom is -0.368 e. The Hall–Kier alpha value is -4.01. The van der Waals surface area contributed by atoms with Crippen molar-refractivity contribution in [1.82, 2.24) is 9.97 Å². The molecule has 0 radical (unpaired) electrons. The fourth-order valence-corrected chi connectivity index (χ4v) is 3.35. The number of carbonyl (C=O) groups excluding carboxylic acids is 1. The highest BCUT2D eigenvalue weighted by Gasteiger charge is 2.35. The number of hydrogen-bond acceptors (Lipinski definition) is 4. The van der Waals surface area contributed by atoms with Gasteiger partial charge in [-0.25, -0.2) is 14.4 Å². The van der Waals surface area contributed by atoms with Crippen LogP contribution in [0.5, 0.6) is 0 Å². The maximum atomic E-state index is 14.3. The van der Waals surface area contributed by atoms with Gasteiger partial charge in [0.15, 0.2) is 0 Å². The molecule has 4 rings (SSSR count). The van der Waals surface area contributed by atoms with Crippen molar-refractivity contribution in [3.63, 3.8) is 0 Å². The molecule has 0 aliphatic heterocycles. The fraction of sp³-hybridized carbons (Fsp3) is 0.0870. The summed E-state index contributed by atoms with van der Waals surface area (Å²) in [6.45, 7) is 1.87. The first-order valence-electron chi connectivity index (χ1n) is 9.44. The molecule has 3 aromatic carbocycles. The number of carbonyl (C=O) groups is 1. The molecule has 1 aromatic heterocycles. The number of fused-ring (bicyclic) bond motifs is 1. The third-order valence-electron chi connectivity index (χ3n) is 4.95. The number of rotatable bonds is 3. The summed E-state index contributed by atoms with van der Waals surface area (Å²) in [5.74, 6) is -2.43. The Labute approximate surface area is 179 Å². The maximum absolute atomic E-state index is 14.3. The molecule has 0 unspecified atom stereocenters. The van der Waals surface area contributed by atoms with Crippen molar-refractivity contribution in [1.29, 1.82) is 0 Å². The van der Waals surface area contributed by atoms with Crippen molar-refractivity contribution in [2.45, 2.75) is 13.1 Å². The van der Waals surface area contributed by atoms with Crippen LogP contribution in [0.1, 0.15) is 21.5 Å². The number of anilines is 2. The number of amides is 1. The van der Waals surface area contributed by atoms with Gasteiger partial charge in [-0.1, -0.05) is 18.2 Å². The molecule has 4 aromatic rings. The second kappa shape index (κ2) is 7.92. The predicted octanol–water partition coefficient (Wildman–Crippen LogP) is 5.60. The lowest BCUT2D eigenvalue weighted by Gasteiger charge is -2.13. The van der Waals surface area contributed by atoms with Crippen LogP contribution in [0, 0.1) is 12.7 Å². The summed E-state index contributed by atoms with van der Waals surface area (Å²) < 4.78 is 53.2. The Bertz CT molecular complexity index is 1350. The van der Waals surface area contributed by atoms with Gasteiger partial charge in [0.2, 0.25) is 5.95 Å². The zero-order valence-electron chi connectivity index (χ0n) is 16.7. The summed E-state index contributed by atoms with van der Waals surface area (Å²) >= 11 is 0. The summed E-state index contributed by atoms with van der Waals surface area (Å²) in [6, 6.07) is 13.1. The molecule has 0 saturated heterocycles. The SMILES string of the molecule is Cc1ccc(NC(=O)c2cccc(C(F)(F)F)c2F)cc1-c1ccc2nc(N)ncc2c1. The average molecular weight is 440 g/mol. The molecule has 0 aliphatic carbocycles. The van der Waals surface area contributed by atoms with Gasteiger partial charge in [0.25, 0.3) is 5.91 Å². The number of nitrogens with one attached hydrogen (secondary N) is 1. The molecule has 1 amide bonds. The molecule has 0 bridgehead atoms. The van der Waals surface area contributed by atoms with Gasteiger partial charge in [-0.2, -0.15) is 13.2 Å². The summed E-state index contributed by atoms with van der Waals surface area (Å²) in [4.78, 5) is 20.6. The number of alkyl halides is 3. The van der Waals surface area contributed by atoms with E-state index in [0.29, 0.717) is 17.3 Å². The number of aromatic nitrogens is 2. The molecule has 5 nitrogen and oxygen atoms in total. The molecular formula is C23H16F4N4O. The van der Waals surface area contributed by atoms with Crippen molar-refractivity contribution in [2.24, 2.45) is 0 Å². The lowest BCUT2D eigenvalue weighted by Crippen LogP contribution is -2.17. The van der Waals surface area contributed by atoms with Crippen molar-refractivity contribution in [3.05, 3.63) is 83.3 Å². The zero-order chi connectivity index (χ0) is 23.0. The molecule has 3 N–H and O–H groups in total. The van der Waals surface area contributed by atoms with Crippen LogP contribution in [-0.4, -0.2) is 15.9 Å². The van der Waals surface area contributed by atoms with Gasteiger partial charge >= 0.3 is 6.18 Å². The van der Waals surface area contributed by atoms with Crippen LogP contribution in [0.3, 0.4) is 0 Å². The molecule has 0 spiro atoms. The van der Waals surface area contributed by atoms with Crippen LogP contribution in [0.4, 0.5) is 29.2 Å². The lowest BCUT2D eigenvalue weighted by molar-refractivity contribution is -0.140. The standard InChI is InChI=1S/C23H16F4N4O/c1-12-5-7-15(30-21(32)16-3-2-4-18(20(16)24)23(25,26)27)10-17(12)13-6-8-19-14(9-13)11-29-22(28)31-19/h2-11H,1H3,(H,30,32)(H2,28,29,31). The van der Waals surface area contributed by atoms with E-state index in [2.05, 4.69) is 15.3 Å². The number of hydrogen-bond donors (Lipinski definition) is 2. The van der Waals surface area contributed by atoms with Crippen molar-refractivity contribution < 1.29 is 22.4 Å². The summed E-state index contributed by atoms with van der Waals surface area (Å²) in [5.41, 5.74) is 6.87. The fourth-order valence-electron chi connectivity index (χ4n) is 3.35. The van der Waals surface area contributed by atoms with E-state index in [-0.39, 0.29) is 5.95 Å². The average Bonchev–Trinajstić information content (AvgIpc) is 2.74. The van der Waals surface area contributed by atoms with E-state index in [1.165, 1.54) is 0 Å². The normalized spacial score (nSPS) is 11.5. The molecule has 0 saturated carbocycles. The molecule has 1 heterocycles. The van der Waals surface area contributed by atoms with Crippen LogP contribution in [-0.2, 0) is 6.18 Å². The van der Waals surface area contributed by atoms with Crippen LogP contribution < -0.4 is 11.1 Å². The topological polar surface area (TPSA) is 80.9 Å². The van der Waals surface area contributed by atoms with Crippen LogP contribution >= 0.6 is 0 Å². The number of halogens is 4. The Morgan fingerprint density at radius 2 is 1.84 bits per heavy atom. The summed E-state index contributed by atoms with van der Waals surface area (Å²) in [5, 5.41) is 3.23. The van der Waals surface area contributed by atoms with E-state index >= 15 is 0 Å². The third-order valence-corrected chi connectivity index (χ3v) is 4.95. The predicted molar refractivity (Wildman–Crippen MR) is 113 cm³/mol. The van der Waals surface area contributed by atoms with Gasteiger partial charge in [-0.15, -0.1) is 0 Å². The number of nitrogen functional groups attached to an aromatic ring is 1. The first-order chi connectivity index (χ1) is 15.1. The van der Waals surface area contributed by atoms with Gasteiger partial charge in [-0.05, 0) is 60.0 Å². The second-order valence-corrected chi connectivity index (χ2v) is 7.15. The van der Waals surface area contributed by atoms with Gasteiger partial charge in [0.1, 0.15) is 5.82 Å². The Morgan fingerprint density at radius 1 is 1.06 bits per heavy atom. The van der Waals surface area contributed by atoms with Crippen molar-refractivity contribution in [2.75, 3.05) is 11.1 Å². The monoisotopic (exact) mass is 440 g/mol. The van der Waals surface area contributed by atoms with Crippen molar-refractivity contribution in [3.8, 4) is 11.1 Å². The Morgan fingerprint density at radius 3 is 2.59 bits per heavy atom. The maximum Gasteiger partial charge on any atom is 0.419 e. The van der Waals surface area contributed by atoms with Crippen LogP contribution in [0.25, 0.3) is 22.0 Å². The largest absolute Gasteiger partial charge is 0.419 e. The van der Waals surface area contributed by atoms with E-state index < -0.39 is 29.0 Å². The molecular weight excluding hydrogens is 424 g/mol. The van der Waals surface area contributed by atoms with E-state index in [1.807, 2.05) is 19.1 Å². The van der Waals surface area contributed by atoms with Gasteiger partial charge in [-0.3, -0.25) is 4.79 Å². The van der Waals surface area contributed by atoms with Gasteiger partial charge in [0.05, 0.1) is 16.6 Å².